The molecule has 1 heterocycles. The second-order valence-electron chi connectivity index (χ2n) is 11.2. The molecule has 0 radical (unpaired) electrons. The van der Waals surface area contributed by atoms with Gasteiger partial charge in [0.25, 0.3) is 0 Å². The second kappa shape index (κ2) is 6.99. The minimum atomic E-state index is -2.76. The summed E-state index contributed by atoms with van der Waals surface area (Å²) in [5, 5.41) is -0.242. The molecule has 1 aliphatic heterocycles. The first-order chi connectivity index (χ1) is 11.0. The van der Waals surface area contributed by atoms with E-state index in [1.807, 2.05) is 0 Å². The first-order valence-electron chi connectivity index (χ1n) is 9.54. The lowest BCUT2D eigenvalue weighted by atomic mass is 10.2. The molecule has 0 bridgehead atoms. The Morgan fingerprint density at radius 2 is 0.577 bits per heavy atom. The topological polar surface area (TPSA) is 46.2 Å². The van der Waals surface area contributed by atoms with Crippen molar-refractivity contribution in [1.82, 2.24) is 0 Å². The molecule has 0 saturated carbocycles. The number of rotatable bonds is 0. The van der Waals surface area contributed by atoms with Crippen LogP contribution in [0.15, 0.2) is 0 Å². The van der Waals surface area contributed by atoms with Gasteiger partial charge in [-0.25, -0.2) is 0 Å². The van der Waals surface area contributed by atoms with Crippen molar-refractivity contribution in [2.45, 2.75) is 104 Å². The molecule has 0 amide bonds. The highest BCUT2D eigenvalue weighted by atomic mass is 28.5. The van der Waals surface area contributed by atoms with Crippen LogP contribution in [0.3, 0.4) is 0 Å². The largest absolute Gasteiger partial charge is 0.416 e. The fraction of sp³-hybridized carbons (Fsp3) is 1.00. The van der Waals surface area contributed by atoms with Crippen LogP contribution < -0.4 is 0 Å². The van der Waals surface area contributed by atoms with Gasteiger partial charge in [0.1, 0.15) is 0 Å². The third-order valence-corrected chi connectivity index (χ3v) is 26.2. The van der Waals surface area contributed by atoms with E-state index >= 15 is 0 Å². The Morgan fingerprint density at radius 3 is 0.769 bits per heavy atom. The maximum absolute atomic E-state index is 7.03. The Hall–Kier alpha value is 0.884. The molecule has 1 aliphatic rings. The van der Waals surface area contributed by atoms with E-state index in [1.165, 1.54) is 0 Å². The van der Waals surface area contributed by atoms with Crippen molar-refractivity contribution in [3.63, 3.8) is 0 Å². The molecule has 0 aromatic rings. The van der Waals surface area contributed by atoms with Gasteiger partial charge in [0, 0.05) is 10.1 Å². The summed E-state index contributed by atoms with van der Waals surface area (Å²) in [6.07, 6.45) is 0. The summed E-state index contributed by atoms with van der Waals surface area (Å²) >= 11 is 0. The van der Waals surface area contributed by atoms with E-state index in [0.29, 0.717) is 0 Å². The van der Waals surface area contributed by atoms with Crippen LogP contribution in [0.1, 0.15) is 41.5 Å². The normalized spacial score (nSPS) is 28.4. The molecule has 5 nitrogen and oxygen atoms in total. The van der Waals surface area contributed by atoms with Gasteiger partial charge in [0.05, 0.1) is 0 Å². The molecule has 1 saturated heterocycles. The lowest BCUT2D eigenvalue weighted by Gasteiger charge is -2.56. The van der Waals surface area contributed by atoms with Gasteiger partial charge in [0.15, 0.2) is 0 Å². The average molecular weight is 455 g/mol. The highest BCUT2D eigenvalue weighted by Gasteiger charge is 2.64. The lowest BCUT2D eigenvalue weighted by Crippen LogP contribution is -2.70. The standard InChI is InChI=1S/C16H42O5Si5/c1-15(2,3)26(16(4,5)6)20-24(11,12)18-22(7,8)17-23(9,10)19-25(13,14)21-26/h1-14H3. The molecule has 0 aliphatic carbocycles. The smallest absolute Gasteiger partial charge is 0.331 e. The van der Waals surface area contributed by atoms with E-state index < -0.39 is 42.8 Å². The van der Waals surface area contributed by atoms with E-state index in [2.05, 4.69) is 93.9 Å². The number of hydrogen-bond donors (Lipinski definition) is 0. The fourth-order valence-electron chi connectivity index (χ4n) is 4.31. The summed E-state index contributed by atoms with van der Waals surface area (Å²) < 4.78 is 33.7. The van der Waals surface area contributed by atoms with E-state index in [9.17, 15) is 0 Å². The van der Waals surface area contributed by atoms with Gasteiger partial charge in [-0.15, -0.1) is 0 Å². The molecular weight excluding hydrogens is 413 g/mol. The van der Waals surface area contributed by atoms with E-state index in [0.717, 1.165) is 0 Å². The Morgan fingerprint density at radius 1 is 0.385 bits per heavy atom. The SMILES string of the molecule is CC(C)(C)[Si]1(C(C)(C)C)O[Si](C)(C)O[Si](C)(C)O[Si](C)(C)O[Si](C)(C)O1. The maximum atomic E-state index is 7.03. The molecule has 156 valence electrons. The van der Waals surface area contributed by atoms with Crippen LogP contribution in [0.5, 0.6) is 0 Å². The van der Waals surface area contributed by atoms with E-state index in [4.69, 9.17) is 20.6 Å². The lowest BCUT2D eigenvalue weighted by molar-refractivity contribution is 0.201. The van der Waals surface area contributed by atoms with Crippen LogP contribution in [0, 0.1) is 0 Å². The molecule has 10 heteroatoms. The molecule has 1 rings (SSSR count). The van der Waals surface area contributed by atoms with Gasteiger partial charge in [-0.2, -0.15) is 0 Å². The van der Waals surface area contributed by atoms with Crippen LogP contribution >= 0.6 is 0 Å². The van der Waals surface area contributed by atoms with Crippen LogP contribution in [0.25, 0.3) is 0 Å². The van der Waals surface area contributed by atoms with Crippen molar-refractivity contribution >= 4 is 42.8 Å². The molecule has 0 spiro atoms. The molecule has 26 heavy (non-hydrogen) atoms. The predicted octanol–water partition coefficient (Wildman–Crippen LogP) is 5.93. The highest BCUT2D eigenvalue weighted by molar-refractivity contribution is 6.94. The Bertz CT molecular complexity index is 474. The van der Waals surface area contributed by atoms with Crippen molar-refractivity contribution < 1.29 is 20.6 Å². The Labute approximate surface area is 167 Å². The first kappa shape index (κ1) is 24.9. The zero-order chi connectivity index (χ0) is 21.0. The van der Waals surface area contributed by atoms with Crippen LogP contribution in [-0.2, 0) is 20.6 Å². The summed E-state index contributed by atoms with van der Waals surface area (Å²) in [5.74, 6) is 0. The third-order valence-electron chi connectivity index (χ3n) is 4.23. The van der Waals surface area contributed by atoms with E-state index in [-0.39, 0.29) is 10.1 Å². The van der Waals surface area contributed by atoms with Crippen molar-refractivity contribution in [1.29, 1.82) is 0 Å². The fourth-order valence-corrected chi connectivity index (χ4v) is 33.9. The molecule has 0 aromatic carbocycles. The van der Waals surface area contributed by atoms with Gasteiger partial charge in [-0.05, 0) is 52.4 Å². The zero-order valence-electron chi connectivity index (χ0n) is 19.5. The summed E-state index contributed by atoms with van der Waals surface area (Å²) in [4.78, 5) is 0. The van der Waals surface area contributed by atoms with Gasteiger partial charge in [-0.1, -0.05) is 41.5 Å². The first-order valence-corrected chi connectivity index (χ1v) is 22.6. The molecule has 0 N–H and O–H groups in total. The molecule has 0 atom stereocenters. The van der Waals surface area contributed by atoms with Crippen molar-refractivity contribution in [2.75, 3.05) is 0 Å². The highest BCUT2D eigenvalue weighted by Crippen LogP contribution is 2.55. The molecule has 0 aromatic heterocycles. The predicted molar refractivity (Wildman–Crippen MR) is 121 cm³/mol. The summed E-state index contributed by atoms with van der Waals surface area (Å²) in [5.41, 5.74) is 0. The maximum Gasteiger partial charge on any atom is 0.331 e. The second-order valence-corrected chi connectivity index (χ2v) is 30.7. The summed E-state index contributed by atoms with van der Waals surface area (Å²) in [6, 6.07) is 0. The molecule has 1 fully saturated rings. The van der Waals surface area contributed by atoms with Gasteiger partial charge in [-0.3, -0.25) is 0 Å². The molecule has 0 unspecified atom stereocenters. The van der Waals surface area contributed by atoms with Gasteiger partial charge < -0.3 is 20.6 Å². The van der Waals surface area contributed by atoms with Gasteiger partial charge >= 0.3 is 42.8 Å². The van der Waals surface area contributed by atoms with Gasteiger partial charge in [0.2, 0.25) is 0 Å². The van der Waals surface area contributed by atoms with Crippen molar-refractivity contribution in [3.8, 4) is 0 Å². The van der Waals surface area contributed by atoms with Crippen molar-refractivity contribution in [2.24, 2.45) is 0 Å². The summed E-state index contributed by atoms with van der Waals surface area (Å²) in [6.45, 7) is 30.4. The zero-order valence-corrected chi connectivity index (χ0v) is 24.5. The monoisotopic (exact) mass is 454 g/mol. The van der Waals surface area contributed by atoms with Crippen LogP contribution in [-0.4, -0.2) is 42.8 Å². The Balaban J connectivity index is 3.66. The third kappa shape index (κ3) is 5.94. The quantitative estimate of drug-likeness (QED) is 0.424. The van der Waals surface area contributed by atoms with Crippen molar-refractivity contribution in [3.05, 3.63) is 0 Å². The number of hydrogen-bond acceptors (Lipinski definition) is 5. The average Bonchev–Trinajstić information content (AvgIpc) is 2.15. The summed E-state index contributed by atoms with van der Waals surface area (Å²) in [7, 11) is -12.5. The molecular formula is C16H42O5Si5. The van der Waals surface area contributed by atoms with E-state index in [1.54, 1.807) is 0 Å². The Kier molecular flexibility index (Phi) is 6.70. The van der Waals surface area contributed by atoms with Crippen LogP contribution in [0.2, 0.25) is 62.5 Å². The minimum absolute atomic E-state index is 0.121. The minimum Gasteiger partial charge on any atom is -0.416 e. The van der Waals surface area contributed by atoms with Crippen LogP contribution in [0.4, 0.5) is 0 Å².